The molecule has 0 radical (unpaired) electrons. The molecule has 0 spiro atoms. The zero-order valence-electron chi connectivity index (χ0n) is 15.1. The summed E-state index contributed by atoms with van der Waals surface area (Å²) in [7, 11) is 0. The topological polar surface area (TPSA) is 49.4 Å². The minimum Gasteiger partial charge on any atom is -0.352 e. The number of alkyl halides is 3. The lowest BCUT2D eigenvalue weighted by molar-refractivity contribution is -0.137. The molecular weight excluding hydrogens is 357 g/mol. The van der Waals surface area contributed by atoms with E-state index >= 15 is 0 Å². The lowest BCUT2D eigenvalue weighted by Gasteiger charge is -2.24. The second-order valence-electron chi connectivity index (χ2n) is 6.14. The fourth-order valence-corrected chi connectivity index (χ4v) is 2.70. The number of anilines is 1. The Hall–Kier alpha value is -2.83. The lowest BCUT2D eigenvalue weighted by Crippen LogP contribution is -2.35. The van der Waals surface area contributed by atoms with Gasteiger partial charge in [0.1, 0.15) is 0 Å². The summed E-state index contributed by atoms with van der Waals surface area (Å²) in [5.41, 5.74) is 0.837. The number of rotatable bonds is 6. The molecule has 0 aliphatic rings. The highest BCUT2D eigenvalue weighted by Gasteiger charge is 2.35. The molecule has 27 heavy (non-hydrogen) atoms. The number of amides is 2. The van der Waals surface area contributed by atoms with E-state index in [9.17, 15) is 22.8 Å². The maximum Gasteiger partial charge on any atom is 0.418 e. The van der Waals surface area contributed by atoms with E-state index in [1.165, 1.54) is 25.1 Å². The number of para-hydroxylation sites is 1. The van der Waals surface area contributed by atoms with Gasteiger partial charge in [-0.1, -0.05) is 36.4 Å². The highest BCUT2D eigenvalue weighted by molar-refractivity contribution is 5.93. The van der Waals surface area contributed by atoms with Crippen LogP contribution in [0.1, 0.15) is 30.0 Å². The summed E-state index contributed by atoms with van der Waals surface area (Å²) >= 11 is 0. The number of nitrogens with one attached hydrogen (secondary N) is 1. The van der Waals surface area contributed by atoms with E-state index in [4.69, 9.17) is 0 Å². The van der Waals surface area contributed by atoms with Gasteiger partial charge in [0, 0.05) is 26.4 Å². The van der Waals surface area contributed by atoms with Gasteiger partial charge in [-0.05, 0) is 30.2 Å². The van der Waals surface area contributed by atoms with Crippen LogP contribution < -0.4 is 10.2 Å². The van der Waals surface area contributed by atoms with Gasteiger partial charge in [0.15, 0.2) is 0 Å². The minimum atomic E-state index is -4.59. The van der Waals surface area contributed by atoms with E-state index in [0.717, 1.165) is 22.1 Å². The lowest BCUT2D eigenvalue weighted by atomic mass is 10.1. The maximum atomic E-state index is 13.2. The van der Waals surface area contributed by atoms with Crippen molar-refractivity contribution < 1.29 is 22.8 Å². The molecule has 0 aliphatic carbocycles. The minimum absolute atomic E-state index is 0.0996. The van der Waals surface area contributed by atoms with E-state index in [2.05, 4.69) is 5.32 Å². The summed E-state index contributed by atoms with van der Waals surface area (Å²) in [6.07, 6.45) is -4.69. The molecule has 0 saturated carbocycles. The van der Waals surface area contributed by atoms with Crippen LogP contribution in [-0.4, -0.2) is 18.4 Å². The number of hydrogen-bond acceptors (Lipinski definition) is 2. The number of carbonyl (C=O) groups excluding carboxylic acids is 2. The van der Waals surface area contributed by atoms with Crippen LogP contribution in [0.5, 0.6) is 0 Å². The first-order valence-corrected chi connectivity index (χ1v) is 8.45. The average molecular weight is 378 g/mol. The van der Waals surface area contributed by atoms with Gasteiger partial charge in [-0.25, -0.2) is 0 Å². The Morgan fingerprint density at radius 1 is 1.04 bits per heavy atom. The number of benzene rings is 2. The van der Waals surface area contributed by atoms with Gasteiger partial charge in [0.2, 0.25) is 11.8 Å². The molecule has 0 heterocycles. The summed E-state index contributed by atoms with van der Waals surface area (Å²) in [5.74, 6) is -0.896. The van der Waals surface area contributed by atoms with Gasteiger partial charge in [0.25, 0.3) is 0 Å². The standard InChI is InChI=1S/C20H21F3N2O2/c1-14-7-3-4-8-16(14)13-24-19(27)11-12-25(15(2)26)18-10-6-5-9-17(18)20(21,22)23/h3-10H,11-13H2,1-2H3,(H,24,27). The SMILES string of the molecule is CC(=O)N(CCC(=O)NCc1ccccc1C)c1ccccc1C(F)(F)F. The second-order valence-corrected chi connectivity index (χ2v) is 6.14. The third-order valence-electron chi connectivity index (χ3n) is 4.18. The van der Waals surface area contributed by atoms with E-state index in [0.29, 0.717) is 6.54 Å². The first-order valence-electron chi connectivity index (χ1n) is 8.45. The summed E-state index contributed by atoms with van der Waals surface area (Å²) in [6, 6.07) is 12.4. The first kappa shape index (κ1) is 20.5. The van der Waals surface area contributed by atoms with Crippen LogP contribution in [0, 0.1) is 6.92 Å². The summed E-state index contributed by atoms with van der Waals surface area (Å²) in [4.78, 5) is 25.0. The quantitative estimate of drug-likeness (QED) is 0.824. The van der Waals surface area contributed by atoms with Crippen LogP contribution in [-0.2, 0) is 22.3 Å². The molecule has 2 rings (SSSR count). The molecule has 7 heteroatoms. The number of nitrogens with zero attached hydrogens (tertiary/aromatic N) is 1. The van der Waals surface area contributed by atoms with Crippen LogP contribution in [0.15, 0.2) is 48.5 Å². The van der Waals surface area contributed by atoms with E-state index in [-0.39, 0.29) is 24.6 Å². The Bertz CT molecular complexity index is 819. The summed E-state index contributed by atoms with van der Waals surface area (Å²) < 4.78 is 39.6. The second kappa shape index (κ2) is 8.70. The molecular formula is C20H21F3N2O2. The van der Waals surface area contributed by atoms with Gasteiger partial charge < -0.3 is 10.2 Å². The first-order chi connectivity index (χ1) is 12.7. The van der Waals surface area contributed by atoms with Crippen molar-refractivity contribution in [3.8, 4) is 0 Å². The number of halogens is 3. The predicted molar refractivity (Wildman–Crippen MR) is 97.1 cm³/mol. The molecule has 0 saturated heterocycles. The van der Waals surface area contributed by atoms with Crippen molar-refractivity contribution in [1.29, 1.82) is 0 Å². The fourth-order valence-electron chi connectivity index (χ4n) is 2.70. The third-order valence-corrected chi connectivity index (χ3v) is 4.18. The van der Waals surface area contributed by atoms with Gasteiger partial charge in [-0.2, -0.15) is 13.2 Å². The third kappa shape index (κ3) is 5.57. The zero-order chi connectivity index (χ0) is 20.0. The molecule has 2 amide bonds. The highest BCUT2D eigenvalue weighted by Crippen LogP contribution is 2.36. The molecule has 4 nitrogen and oxygen atoms in total. The molecule has 0 bridgehead atoms. The predicted octanol–water partition coefficient (Wildman–Crippen LogP) is 4.07. The Labute approximate surface area is 156 Å². The molecule has 0 unspecified atom stereocenters. The molecule has 0 aromatic heterocycles. The highest BCUT2D eigenvalue weighted by atomic mass is 19.4. The normalized spacial score (nSPS) is 11.1. The Morgan fingerprint density at radius 3 is 2.30 bits per heavy atom. The monoisotopic (exact) mass is 378 g/mol. The Kier molecular flexibility index (Phi) is 6.60. The van der Waals surface area contributed by atoms with E-state index < -0.39 is 17.6 Å². The van der Waals surface area contributed by atoms with Crippen LogP contribution >= 0.6 is 0 Å². The summed E-state index contributed by atoms with van der Waals surface area (Å²) in [6.45, 7) is 3.29. The number of aryl methyl sites for hydroxylation is 1. The van der Waals surface area contributed by atoms with Crippen LogP contribution in [0.3, 0.4) is 0 Å². The molecule has 0 aliphatic heterocycles. The molecule has 1 N–H and O–H groups in total. The van der Waals surface area contributed by atoms with Crippen LogP contribution in [0.4, 0.5) is 18.9 Å². The van der Waals surface area contributed by atoms with Gasteiger partial charge in [0.05, 0.1) is 11.3 Å². The zero-order valence-corrected chi connectivity index (χ0v) is 15.1. The Balaban J connectivity index is 2.04. The number of hydrogen-bond donors (Lipinski definition) is 1. The van der Waals surface area contributed by atoms with Gasteiger partial charge in [-0.3, -0.25) is 9.59 Å². The van der Waals surface area contributed by atoms with Crippen molar-refractivity contribution in [1.82, 2.24) is 5.32 Å². The van der Waals surface area contributed by atoms with Crippen molar-refractivity contribution >= 4 is 17.5 Å². The van der Waals surface area contributed by atoms with Gasteiger partial charge in [-0.15, -0.1) is 0 Å². The van der Waals surface area contributed by atoms with Crippen molar-refractivity contribution in [3.05, 3.63) is 65.2 Å². The average Bonchev–Trinajstić information content (AvgIpc) is 2.60. The van der Waals surface area contributed by atoms with E-state index in [1.807, 2.05) is 31.2 Å². The molecule has 0 fully saturated rings. The largest absolute Gasteiger partial charge is 0.418 e. The molecule has 0 atom stereocenters. The smallest absolute Gasteiger partial charge is 0.352 e. The van der Waals surface area contributed by atoms with Crippen LogP contribution in [0.25, 0.3) is 0 Å². The molecule has 2 aromatic rings. The van der Waals surface area contributed by atoms with Crippen molar-refractivity contribution in [2.75, 3.05) is 11.4 Å². The van der Waals surface area contributed by atoms with Gasteiger partial charge >= 0.3 is 6.18 Å². The van der Waals surface area contributed by atoms with Crippen molar-refractivity contribution in [2.24, 2.45) is 0 Å². The fraction of sp³-hybridized carbons (Fsp3) is 0.300. The maximum absolute atomic E-state index is 13.2. The molecule has 144 valence electrons. The molecule has 2 aromatic carbocycles. The van der Waals surface area contributed by atoms with Crippen LogP contribution in [0.2, 0.25) is 0 Å². The van der Waals surface area contributed by atoms with Crippen molar-refractivity contribution in [2.45, 2.75) is 33.0 Å². The Morgan fingerprint density at radius 2 is 1.67 bits per heavy atom. The number of carbonyl (C=O) groups is 2. The van der Waals surface area contributed by atoms with E-state index in [1.54, 1.807) is 0 Å². The summed E-state index contributed by atoms with van der Waals surface area (Å²) in [5, 5.41) is 2.73. The van der Waals surface area contributed by atoms with Crippen molar-refractivity contribution in [3.63, 3.8) is 0 Å².